The molecule has 1 aromatic carbocycles. The largest absolute Gasteiger partial charge is 0.347 e. The second-order valence-electron chi connectivity index (χ2n) is 4.32. The van der Waals surface area contributed by atoms with Crippen molar-refractivity contribution < 1.29 is 0 Å². The Hall–Kier alpha value is -1.61. The van der Waals surface area contributed by atoms with Gasteiger partial charge in [-0.1, -0.05) is 30.3 Å². The highest BCUT2D eigenvalue weighted by molar-refractivity contribution is 6.20. The average Bonchev–Trinajstić information content (AvgIpc) is 2.40. The highest BCUT2D eigenvalue weighted by atomic mass is 35.5. The minimum Gasteiger partial charge on any atom is -0.347 e. The monoisotopic (exact) mass is 261 g/mol. The standard InChI is InChI=1S/C14H16ClN3/c1-18(2)14-16-9-8-12(17-14)10-13(15)11-6-4-3-5-7-11/h3-9,13H,10H2,1-2H3. The highest BCUT2D eigenvalue weighted by Gasteiger charge is 2.10. The van der Waals surface area contributed by atoms with E-state index in [0.29, 0.717) is 12.4 Å². The van der Waals surface area contributed by atoms with Gasteiger partial charge in [-0.25, -0.2) is 9.97 Å². The topological polar surface area (TPSA) is 29.0 Å². The maximum atomic E-state index is 6.40. The van der Waals surface area contributed by atoms with Gasteiger partial charge in [0.05, 0.1) is 5.38 Å². The summed E-state index contributed by atoms with van der Waals surface area (Å²) >= 11 is 6.40. The molecule has 1 aromatic heterocycles. The van der Waals surface area contributed by atoms with Crippen LogP contribution in [-0.4, -0.2) is 24.1 Å². The van der Waals surface area contributed by atoms with Gasteiger partial charge in [-0.3, -0.25) is 0 Å². The second kappa shape index (κ2) is 5.83. The number of rotatable bonds is 4. The van der Waals surface area contributed by atoms with Crippen molar-refractivity contribution in [2.24, 2.45) is 0 Å². The highest BCUT2D eigenvalue weighted by Crippen LogP contribution is 2.24. The third-order valence-corrected chi connectivity index (χ3v) is 3.06. The van der Waals surface area contributed by atoms with Gasteiger partial charge < -0.3 is 4.90 Å². The van der Waals surface area contributed by atoms with Crippen LogP contribution in [0.15, 0.2) is 42.6 Å². The Kier molecular flexibility index (Phi) is 4.15. The molecule has 0 saturated heterocycles. The minimum absolute atomic E-state index is 0.0592. The van der Waals surface area contributed by atoms with Crippen molar-refractivity contribution in [3.8, 4) is 0 Å². The average molecular weight is 262 g/mol. The molecule has 0 aliphatic heterocycles. The van der Waals surface area contributed by atoms with E-state index in [1.165, 1.54) is 0 Å². The molecule has 0 amide bonds. The van der Waals surface area contributed by atoms with Gasteiger partial charge in [-0.15, -0.1) is 11.6 Å². The van der Waals surface area contributed by atoms with Crippen LogP contribution in [0, 0.1) is 0 Å². The number of halogens is 1. The first kappa shape index (κ1) is 12.8. The van der Waals surface area contributed by atoms with Crippen LogP contribution >= 0.6 is 11.6 Å². The number of benzene rings is 1. The first-order valence-corrected chi connectivity index (χ1v) is 6.28. The van der Waals surface area contributed by atoms with Crippen LogP contribution in [-0.2, 0) is 6.42 Å². The molecule has 1 atom stereocenters. The molecule has 0 spiro atoms. The predicted octanol–water partition coefficient (Wildman–Crippen LogP) is 3.07. The lowest BCUT2D eigenvalue weighted by Gasteiger charge is -2.13. The Balaban J connectivity index is 2.12. The van der Waals surface area contributed by atoms with Crippen LogP contribution in [0.4, 0.5) is 5.95 Å². The molecular weight excluding hydrogens is 246 g/mol. The van der Waals surface area contributed by atoms with Crippen molar-refractivity contribution in [3.05, 3.63) is 53.9 Å². The number of nitrogens with zero attached hydrogens (tertiary/aromatic N) is 3. The first-order chi connectivity index (χ1) is 8.66. The first-order valence-electron chi connectivity index (χ1n) is 5.85. The summed E-state index contributed by atoms with van der Waals surface area (Å²) < 4.78 is 0. The Morgan fingerprint density at radius 1 is 1.17 bits per heavy atom. The summed E-state index contributed by atoms with van der Waals surface area (Å²) in [6.07, 6.45) is 2.47. The molecular formula is C14H16ClN3. The summed E-state index contributed by atoms with van der Waals surface area (Å²) in [5.41, 5.74) is 2.07. The zero-order valence-corrected chi connectivity index (χ0v) is 11.3. The Morgan fingerprint density at radius 2 is 1.89 bits per heavy atom. The molecule has 2 rings (SSSR count). The van der Waals surface area contributed by atoms with Crippen LogP contribution < -0.4 is 4.90 Å². The molecule has 94 valence electrons. The molecule has 0 aliphatic carbocycles. The molecule has 0 aliphatic rings. The fraction of sp³-hybridized carbons (Fsp3) is 0.286. The number of aromatic nitrogens is 2. The van der Waals surface area contributed by atoms with Gasteiger partial charge in [0.1, 0.15) is 0 Å². The Morgan fingerprint density at radius 3 is 2.56 bits per heavy atom. The molecule has 1 unspecified atom stereocenters. The molecule has 18 heavy (non-hydrogen) atoms. The van der Waals surface area contributed by atoms with Gasteiger partial charge in [0, 0.05) is 32.4 Å². The maximum Gasteiger partial charge on any atom is 0.224 e. The van der Waals surface area contributed by atoms with E-state index in [1.54, 1.807) is 6.20 Å². The smallest absolute Gasteiger partial charge is 0.224 e. The predicted molar refractivity (Wildman–Crippen MR) is 75.1 cm³/mol. The molecule has 0 saturated carbocycles. The van der Waals surface area contributed by atoms with Gasteiger partial charge in [0.15, 0.2) is 0 Å². The SMILES string of the molecule is CN(C)c1nccc(CC(Cl)c2ccccc2)n1. The van der Waals surface area contributed by atoms with Crippen LogP contribution in [0.2, 0.25) is 0 Å². The molecule has 2 aromatic rings. The molecule has 0 radical (unpaired) electrons. The van der Waals surface area contributed by atoms with Gasteiger partial charge in [-0.05, 0) is 11.6 Å². The summed E-state index contributed by atoms with van der Waals surface area (Å²) in [6.45, 7) is 0. The van der Waals surface area contributed by atoms with Crippen molar-refractivity contribution in [2.75, 3.05) is 19.0 Å². The third kappa shape index (κ3) is 3.20. The molecule has 3 nitrogen and oxygen atoms in total. The summed E-state index contributed by atoms with van der Waals surface area (Å²) in [4.78, 5) is 10.5. The van der Waals surface area contributed by atoms with Gasteiger partial charge in [0.2, 0.25) is 5.95 Å². The zero-order valence-electron chi connectivity index (χ0n) is 10.5. The van der Waals surface area contributed by atoms with Gasteiger partial charge >= 0.3 is 0 Å². The van der Waals surface area contributed by atoms with E-state index < -0.39 is 0 Å². The van der Waals surface area contributed by atoms with Crippen molar-refractivity contribution in [2.45, 2.75) is 11.8 Å². The number of alkyl halides is 1. The molecule has 0 fully saturated rings. The van der Waals surface area contributed by atoms with E-state index in [1.807, 2.05) is 55.4 Å². The fourth-order valence-corrected chi connectivity index (χ4v) is 1.98. The lowest BCUT2D eigenvalue weighted by molar-refractivity contribution is 0.858. The number of anilines is 1. The Bertz CT molecular complexity index is 499. The fourth-order valence-electron chi connectivity index (χ4n) is 1.68. The van der Waals surface area contributed by atoms with E-state index in [2.05, 4.69) is 9.97 Å². The molecule has 0 N–H and O–H groups in total. The number of hydrogen-bond donors (Lipinski definition) is 0. The van der Waals surface area contributed by atoms with E-state index in [-0.39, 0.29) is 5.38 Å². The van der Waals surface area contributed by atoms with Crippen molar-refractivity contribution in [1.82, 2.24) is 9.97 Å². The van der Waals surface area contributed by atoms with Gasteiger partial charge in [-0.2, -0.15) is 0 Å². The third-order valence-electron chi connectivity index (χ3n) is 2.65. The van der Waals surface area contributed by atoms with Crippen LogP contribution in [0.25, 0.3) is 0 Å². The quantitative estimate of drug-likeness (QED) is 0.792. The van der Waals surface area contributed by atoms with Gasteiger partial charge in [0.25, 0.3) is 0 Å². The lowest BCUT2D eigenvalue weighted by atomic mass is 10.1. The summed E-state index contributed by atoms with van der Waals surface area (Å²) in [5, 5.41) is -0.0592. The second-order valence-corrected chi connectivity index (χ2v) is 4.85. The summed E-state index contributed by atoms with van der Waals surface area (Å²) in [7, 11) is 3.85. The number of hydrogen-bond acceptors (Lipinski definition) is 3. The van der Waals surface area contributed by atoms with Crippen LogP contribution in [0.5, 0.6) is 0 Å². The van der Waals surface area contributed by atoms with E-state index in [0.717, 1.165) is 11.3 Å². The maximum absolute atomic E-state index is 6.40. The normalized spacial score (nSPS) is 12.2. The molecule has 4 heteroatoms. The van der Waals surface area contributed by atoms with Crippen molar-refractivity contribution >= 4 is 17.5 Å². The molecule has 1 heterocycles. The molecule has 0 bridgehead atoms. The van der Waals surface area contributed by atoms with E-state index in [4.69, 9.17) is 11.6 Å². The summed E-state index contributed by atoms with van der Waals surface area (Å²) in [6, 6.07) is 12.0. The van der Waals surface area contributed by atoms with Crippen LogP contribution in [0.3, 0.4) is 0 Å². The van der Waals surface area contributed by atoms with Crippen LogP contribution in [0.1, 0.15) is 16.6 Å². The Labute approximate surface area is 112 Å². The zero-order chi connectivity index (χ0) is 13.0. The summed E-state index contributed by atoms with van der Waals surface area (Å²) in [5.74, 6) is 0.712. The lowest BCUT2D eigenvalue weighted by Crippen LogP contribution is -2.13. The van der Waals surface area contributed by atoms with Crippen molar-refractivity contribution in [3.63, 3.8) is 0 Å². The minimum atomic E-state index is -0.0592. The van der Waals surface area contributed by atoms with E-state index >= 15 is 0 Å². The van der Waals surface area contributed by atoms with Crippen molar-refractivity contribution in [1.29, 1.82) is 0 Å². The van der Waals surface area contributed by atoms with E-state index in [9.17, 15) is 0 Å².